The minimum atomic E-state index is 0.745. The number of nitrogen functional groups attached to an aromatic ring is 1. The van der Waals surface area contributed by atoms with Crippen molar-refractivity contribution in [3.8, 4) is 0 Å². The van der Waals surface area contributed by atoms with Gasteiger partial charge in [-0.3, -0.25) is 0 Å². The third-order valence-corrected chi connectivity index (χ3v) is 1.62. The first-order valence-corrected chi connectivity index (χ1v) is 3.87. The quantitative estimate of drug-likeness (QED) is 0.635. The predicted octanol–water partition coefficient (Wildman–Crippen LogP) is 1.16. The van der Waals surface area contributed by atoms with E-state index in [1.807, 2.05) is 18.2 Å². The molecule has 0 aliphatic carbocycles. The third-order valence-electron chi connectivity index (χ3n) is 1.62. The van der Waals surface area contributed by atoms with Gasteiger partial charge in [0.05, 0.1) is 0 Å². The van der Waals surface area contributed by atoms with Crippen molar-refractivity contribution in [1.29, 1.82) is 0 Å². The highest BCUT2D eigenvalue weighted by atomic mass is 14.5. The summed E-state index contributed by atoms with van der Waals surface area (Å²) in [5.74, 6) is 0. The average molecular weight is 150 g/mol. The van der Waals surface area contributed by atoms with Gasteiger partial charge in [0.1, 0.15) is 0 Å². The highest BCUT2D eigenvalue weighted by Crippen LogP contribution is 2.07. The summed E-state index contributed by atoms with van der Waals surface area (Å²) in [5, 5.41) is 0. The lowest BCUT2D eigenvalue weighted by Gasteiger charge is -1.99. The lowest BCUT2D eigenvalue weighted by atomic mass is 10.1. The van der Waals surface area contributed by atoms with Gasteiger partial charge in [0.25, 0.3) is 0 Å². The SMILES string of the molecule is NCCCc1cccc(N)c1. The average Bonchev–Trinajstić information content (AvgIpc) is 2.01. The molecule has 0 spiro atoms. The molecule has 0 unspecified atom stereocenters. The molecule has 2 heteroatoms. The van der Waals surface area contributed by atoms with E-state index >= 15 is 0 Å². The molecule has 2 nitrogen and oxygen atoms in total. The lowest BCUT2D eigenvalue weighted by Crippen LogP contribution is -2.00. The van der Waals surface area contributed by atoms with E-state index in [2.05, 4.69) is 6.07 Å². The van der Waals surface area contributed by atoms with E-state index in [4.69, 9.17) is 11.5 Å². The van der Waals surface area contributed by atoms with Crippen LogP contribution in [0.2, 0.25) is 0 Å². The normalized spacial score (nSPS) is 9.91. The van der Waals surface area contributed by atoms with Gasteiger partial charge >= 0.3 is 0 Å². The largest absolute Gasteiger partial charge is 0.399 e. The summed E-state index contributed by atoms with van der Waals surface area (Å²) in [5.41, 5.74) is 13.1. The zero-order valence-electron chi connectivity index (χ0n) is 6.59. The van der Waals surface area contributed by atoms with E-state index in [-0.39, 0.29) is 0 Å². The molecule has 0 saturated carbocycles. The number of benzene rings is 1. The molecule has 0 aliphatic heterocycles. The molecular formula is C9H14N2. The molecule has 60 valence electrons. The zero-order chi connectivity index (χ0) is 8.10. The van der Waals surface area contributed by atoms with Crippen LogP contribution in [0.4, 0.5) is 5.69 Å². The summed E-state index contributed by atoms with van der Waals surface area (Å²) in [7, 11) is 0. The van der Waals surface area contributed by atoms with E-state index in [0.29, 0.717) is 0 Å². The van der Waals surface area contributed by atoms with Gasteiger partial charge in [0, 0.05) is 5.69 Å². The van der Waals surface area contributed by atoms with Gasteiger partial charge in [-0.25, -0.2) is 0 Å². The third kappa shape index (κ3) is 2.60. The Hall–Kier alpha value is -1.02. The smallest absolute Gasteiger partial charge is 0.0316 e. The Kier molecular flexibility index (Phi) is 2.93. The Balaban J connectivity index is 2.56. The van der Waals surface area contributed by atoms with Gasteiger partial charge in [-0.2, -0.15) is 0 Å². The van der Waals surface area contributed by atoms with Gasteiger partial charge in [-0.1, -0.05) is 12.1 Å². The highest BCUT2D eigenvalue weighted by molar-refractivity contribution is 5.40. The highest BCUT2D eigenvalue weighted by Gasteiger charge is 1.91. The number of nitrogens with two attached hydrogens (primary N) is 2. The van der Waals surface area contributed by atoms with E-state index in [1.165, 1.54) is 5.56 Å². The molecule has 0 amide bonds. The molecular weight excluding hydrogens is 136 g/mol. The molecule has 0 radical (unpaired) electrons. The molecule has 0 saturated heterocycles. The summed E-state index contributed by atoms with van der Waals surface area (Å²) < 4.78 is 0. The summed E-state index contributed by atoms with van der Waals surface area (Å²) in [6.45, 7) is 0.745. The second-order valence-electron chi connectivity index (χ2n) is 2.64. The van der Waals surface area contributed by atoms with E-state index in [0.717, 1.165) is 25.1 Å². The fourth-order valence-electron chi connectivity index (χ4n) is 1.05. The Bertz CT molecular complexity index is 221. The first-order chi connectivity index (χ1) is 5.33. The van der Waals surface area contributed by atoms with Crippen LogP contribution in [0.5, 0.6) is 0 Å². The molecule has 0 fully saturated rings. The molecule has 0 atom stereocenters. The Morgan fingerprint density at radius 1 is 1.27 bits per heavy atom. The van der Waals surface area contributed by atoms with Crippen molar-refractivity contribution in [2.75, 3.05) is 12.3 Å². The molecule has 0 aromatic heterocycles. The second-order valence-corrected chi connectivity index (χ2v) is 2.64. The van der Waals surface area contributed by atoms with Crippen LogP contribution < -0.4 is 11.5 Å². The monoisotopic (exact) mass is 150 g/mol. The maximum absolute atomic E-state index is 5.60. The van der Waals surface area contributed by atoms with Crippen molar-refractivity contribution in [3.05, 3.63) is 29.8 Å². The molecule has 0 aliphatic rings. The van der Waals surface area contributed by atoms with E-state index in [9.17, 15) is 0 Å². The van der Waals surface area contributed by atoms with E-state index < -0.39 is 0 Å². The van der Waals surface area contributed by atoms with Gasteiger partial charge in [0.15, 0.2) is 0 Å². The minimum absolute atomic E-state index is 0.745. The maximum Gasteiger partial charge on any atom is 0.0316 e. The van der Waals surface area contributed by atoms with Crippen molar-refractivity contribution < 1.29 is 0 Å². The summed E-state index contributed by atoms with van der Waals surface area (Å²) in [4.78, 5) is 0. The van der Waals surface area contributed by atoms with Gasteiger partial charge in [0.2, 0.25) is 0 Å². The van der Waals surface area contributed by atoms with Crippen molar-refractivity contribution in [3.63, 3.8) is 0 Å². The second kappa shape index (κ2) is 3.98. The molecule has 1 aromatic rings. The number of anilines is 1. The fourth-order valence-corrected chi connectivity index (χ4v) is 1.05. The molecule has 4 N–H and O–H groups in total. The van der Waals surface area contributed by atoms with Gasteiger partial charge in [-0.15, -0.1) is 0 Å². The van der Waals surface area contributed by atoms with Gasteiger partial charge in [-0.05, 0) is 37.1 Å². The molecule has 1 aromatic carbocycles. The standard InChI is InChI=1S/C9H14N2/c10-6-2-4-8-3-1-5-9(11)7-8/h1,3,5,7H,2,4,6,10-11H2. The summed E-state index contributed by atoms with van der Waals surface area (Å²) >= 11 is 0. The summed E-state index contributed by atoms with van der Waals surface area (Å²) in [6, 6.07) is 7.94. The summed E-state index contributed by atoms with van der Waals surface area (Å²) in [6.07, 6.45) is 2.06. The van der Waals surface area contributed by atoms with Crippen molar-refractivity contribution in [2.24, 2.45) is 5.73 Å². The van der Waals surface area contributed by atoms with Crippen LogP contribution in [0, 0.1) is 0 Å². The Morgan fingerprint density at radius 2 is 2.09 bits per heavy atom. The lowest BCUT2D eigenvalue weighted by molar-refractivity contribution is 0.833. The number of hydrogen-bond acceptors (Lipinski definition) is 2. The molecule has 0 heterocycles. The van der Waals surface area contributed by atoms with Crippen LogP contribution in [-0.4, -0.2) is 6.54 Å². The van der Waals surface area contributed by atoms with Crippen molar-refractivity contribution >= 4 is 5.69 Å². The van der Waals surface area contributed by atoms with Crippen molar-refractivity contribution in [2.45, 2.75) is 12.8 Å². The number of hydrogen-bond donors (Lipinski definition) is 2. The predicted molar refractivity (Wildman–Crippen MR) is 48.2 cm³/mol. The Morgan fingerprint density at radius 3 is 2.73 bits per heavy atom. The first-order valence-electron chi connectivity index (χ1n) is 3.87. The van der Waals surface area contributed by atoms with Crippen LogP contribution in [0.25, 0.3) is 0 Å². The van der Waals surface area contributed by atoms with Crippen molar-refractivity contribution in [1.82, 2.24) is 0 Å². The zero-order valence-corrected chi connectivity index (χ0v) is 6.59. The Labute approximate surface area is 67.2 Å². The molecule has 1 rings (SSSR count). The van der Waals surface area contributed by atoms with Crippen LogP contribution in [-0.2, 0) is 6.42 Å². The van der Waals surface area contributed by atoms with Crippen LogP contribution in [0.15, 0.2) is 24.3 Å². The topological polar surface area (TPSA) is 52.0 Å². The number of aryl methyl sites for hydroxylation is 1. The fraction of sp³-hybridized carbons (Fsp3) is 0.333. The first kappa shape index (κ1) is 8.08. The van der Waals surface area contributed by atoms with Crippen LogP contribution in [0.3, 0.4) is 0 Å². The van der Waals surface area contributed by atoms with Crippen LogP contribution in [0.1, 0.15) is 12.0 Å². The minimum Gasteiger partial charge on any atom is -0.399 e. The van der Waals surface area contributed by atoms with Crippen LogP contribution >= 0.6 is 0 Å². The molecule has 11 heavy (non-hydrogen) atoms. The van der Waals surface area contributed by atoms with E-state index in [1.54, 1.807) is 0 Å². The number of rotatable bonds is 3. The molecule has 0 bridgehead atoms. The maximum atomic E-state index is 5.60. The van der Waals surface area contributed by atoms with Gasteiger partial charge < -0.3 is 11.5 Å².